The van der Waals surface area contributed by atoms with Gasteiger partial charge in [0.2, 0.25) is 0 Å². The van der Waals surface area contributed by atoms with Crippen LogP contribution in [0.15, 0.2) is 84.0 Å². The third-order valence-corrected chi connectivity index (χ3v) is 10.6. The summed E-state index contributed by atoms with van der Waals surface area (Å²) in [6.07, 6.45) is 12.7. The van der Waals surface area contributed by atoms with Gasteiger partial charge in [0.05, 0.1) is 42.7 Å². The molecule has 2 fully saturated rings. The Kier molecular flexibility index (Phi) is 8.96. The second kappa shape index (κ2) is 14.4. The van der Waals surface area contributed by atoms with Crippen molar-refractivity contribution in [2.24, 2.45) is 0 Å². The zero-order chi connectivity index (χ0) is 37.5. The Morgan fingerprint density at radius 2 is 1.76 bits per heavy atom. The van der Waals surface area contributed by atoms with Crippen molar-refractivity contribution in [3.8, 4) is 17.3 Å². The Hall–Kier alpha value is -6.51. The molecule has 6 aromatic heterocycles. The zero-order valence-electron chi connectivity index (χ0n) is 30.9. The third-order valence-electron chi connectivity index (χ3n) is 10.6. The van der Waals surface area contributed by atoms with Crippen LogP contribution in [0, 0.1) is 6.92 Å². The van der Waals surface area contributed by atoms with E-state index in [1.165, 1.54) is 0 Å². The first kappa shape index (κ1) is 34.3. The normalized spacial score (nSPS) is 14.8. The van der Waals surface area contributed by atoms with Gasteiger partial charge in [-0.3, -0.25) is 9.78 Å². The lowest BCUT2D eigenvalue weighted by Gasteiger charge is -2.31. The number of fused-ring (bicyclic) bond motifs is 1. The largest absolute Gasteiger partial charge is 0.467 e. The molecule has 0 radical (unpaired) electrons. The fraction of sp³-hybridized carbons (Fsp3) is 0.325. The maximum atomic E-state index is 14.1. The molecule has 0 atom stereocenters. The van der Waals surface area contributed by atoms with Crippen molar-refractivity contribution < 1.29 is 14.1 Å². The highest BCUT2D eigenvalue weighted by Crippen LogP contribution is 2.41. The summed E-state index contributed by atoms with van der Waals surface area (Å²) in [5.74, 6) is 2.03. The fourth-order valence-corrected chi connectivity index (χ4v) is 7.26. The molecule has 278 valence electrons. The molecule has 1 saturated carbocycles. The summed E-state index contributed by atoms with van der Waals surface area (Å²) in [4.78, 5) is 35.7. The molecule has 7 heterocycles. The highest BCUT2D eigenvalue weighted by molar-refractivity contribution is 6.05. The number of nitrogens with zero attached hydrogens (tertiary/aromatic N) is 12. The summed E-state index contributed by atoms with van der Waals surface area (Å²) in [6.45, 7) is 4.27. The lowest BCUT2D eigenvalue weighted by molar-refractivity contribution is 0.0713. The number of aromatic nitrogens is 10. The molecular weight excluding hydrogens is 697 g/mol. The van der Waals surface area contributed by atoms with Crippen LogP contribution in [0.25, 0.3) is 22.3 Å². The van der Waals surface area contributed by atoms with Crippen LogP contribution in [-0.4, -0.2) is 87.9 Å². The molecule has 55 heavy (non-hydrogen) atoms. The van der Waals surface area contributed by atoms with Crippen LogP contribution >= 0.6 is 0 Å². The van der Waals surface area contributed by atoms with Crippen LogP contribution in [0.2, 0.25) is 0 Å². The molecule has 1 aliphatic heterocycles. The highest BCUT2D eigenvalue weighted by atomic mass is 16.5. The number of hydrogen-bond acceptors (Lipinski definition) is 12. The molecule has 0 spiro atoms. The molecule has 15 nitrogen and oxygen atoms in total. The van der Waals surface area contributed by atoms with Crippen molar-refractivity contribution in [2.45, 2.75) is 57.5 Å². The smallest absolute Gasteiger partial charge is 0.318 e. The van der Waals surface area contributed by atoms with Gasteiger partial charge in [-0.2, -0.15) is 10.1 Å². The number of carbonyl (C=O) groups excluding carboxylic acids is 1. The first-order chi connectivity index (χ1) is 26.9. The van der Waals surface area contributed by atoms with Gasteiger partial charge in [0.15, 0.2) is 11.4 Å². The quantitative estimate of drug-likeness (QED) is 0.154. The van der Waals surface area contributed by atoms with E-state index in [9.17, 15) is 4.79 Å². The van der Waals surface area contributed by atoms with Gasteiger partial charge in [0.25, 0.3) is 5.91 Å². The molecular formula is C40H40N12O3. The van der Waals surface area contributed by atoms with Crippen LogP contribution in [0.1, 0.15) is 76.2 Å². The molecule has 15 heteroatoms. The van der Waals surface area contributed by atoms with Gasteiger partial charge in [0, 0.05) is 73.6 Å². The van der Waals surface area contributed by atoms with E-state index in [4.69, 9.17) is 14.2 Å². The summed E-state index contributed by atoms with van der Waals surface area (Å²) in [5, 5.41) is 18.8. The van der Waals surface area contributed by atoms with Gasteiger partial charge in [0.1, 0.15) is 18.1 Å². The number of piperidine rings is 1. The average molecular weight is 737 g/mol. The lowest BCUT2D eigenvalue weighted by atomic mass is 9.93. The van der Waals surface area contributed by atoms with E-state index in [-0.39, 0.29) is 11.8 Å². The number of aryl methyl sites for hydroxylation is 1. The van der Waals surface area contributed by atoms with Crippen LogP contribution in [-0.2, 0) is 13.1 Å². The lowest BCUT2D eigenvalue weighted by Crippen LogP contribution is -2.38. The number of amides is 1. The SMILES string of the molecule is COc1nccc(N(C)c2ccc(C)c(-c3cn(Cc4cc(C5CCN(C(=O)c6cc(C7CC7)nc7c6cnn7Cc6ccncc6)CC5)no4)nn3)c2)n1. The number of rotatable bonds is 11. The molecule has 0 bridgehead atoms. The van der Waals surface area contributed by atoms with Gasteiger partial charge in [-0.15, -0.1) is 5.10 Å². The molecule has 2 aliphatic rings. The third kappa shape index (κ3) is 7.00. The number of pyridine rings is 2. The standard InChI is InChI=1S/C40H40N12O3/c1-25-4-7-29(49(2)37-10-15-42-40(45-37)54-3)18-31(25)36-24-51(48-46-36)23-30-19-35(47-55-30)28-11-16-50(17-12-28)39(53)32-20-34(27-5-6-27)44-38-33(32)21-43-52(38)22-26-8-13-41-14-9-26/h4,7-10,13-15,18-21,24,27-28H,5-6,11-12,16-17,22-23H2,1-3H3. The van der Waals surface area contributed by atoms with Gasteiger partial charge in [-0.25, -0.2) is 19.3 Å². The second-order valence-electron chi connectivity index (χ2n) is 14.3. The van der Waals surface area contributed by atoms with Crippen molar-refractivity contribution in [2.75, 3.05) is 32.1 Å². The van der Waals surface area contributed by atoms with Crippen LogP contribution in [0.5, 0.6) is 6.01 Å². The van der Waals surface area contributed by atoms with E-state index in [0.29, 0.717) is 55.2 Å². The Labute approximate surface area is 317 Å². The van der Waals surface area contributed by atoms with Gasteiger partial charge >= 0.3 is 6.01 Å². The number of ether oxygens (including phenoxy) is 1. The number of likely N-dealkylation sites (tertiary alicyclic amines) is 1. The van der Waals surface area contributed by atoms with Crippen LogP contribution in [0.3, 0.4) is 0 Å². The first-order valence-corrected chi connectivity index (χ1v) is 18.5. The first-order valence-electron chi connectivity index (χ1n) is 18.5. The Morgan fingerprint density at radius 3 is 2.56 bits per heavy atom. The molecule has 1 aromatic carbocycles. The zero-order valence-corrected chi connectivity index (χ0v) is 30.9. The maximum absolute atomic E-state index is 14.1. The number of methoxy groups -OCH3 is 1. The van der Waals surface area contributed by atoms with Crippen molar-refractivity contribution in [1.82, 2.24) is 54.8 Å². The van der Waals surface area contributed by atoms with Gasteiger partial charge in [-0.05, 0) is 80.1 Å². The Bertz CT molecular complexity index is 2480. The van der Waals surface area contributed by atoms with E-state index in [0.717, 1.165) is 76.2 Å². The molecule has 9 rings (SSSR count). The van der Waals surface area contributed by atoms with Crippen molar-refractivity contribution >= 4 is 28.4 Å². The minimum absolute atomic E-state index is 0.0284. The van der Waals surface area contributed by atoms with E-state index >= 15 is 0 Å². The average Bonchev–Trinajstić information content (AvgIpc) is 3.58. The molecule has 1 saturated heterocycles. The topological polar surface area (TPSA) is 159 Å². The molecule has 1 amide bonds. The molecule has 7 aromatic rings. The number of carbonyl (C=O) groups is 1. The minimum Gasteiger partial charge on any atom is -0.467 e. The minimum atomic E-state index is 0.0284. The molecule has 0 unspecified atom stereocenters. The summed E-state index contributed by atoms with van der Waals surface area (Å²) < 4.78 is 14.6. The predicted octanol–water partition coefficient (Wildman–Crippen LogP) is 5.94. The van der Waals surface area contributed by atoms with Crippen LogP contribution in [0.4, 0.5) is 11.5 Å². The van der Waals surface area contributed by atoms with Crippen molar-refractivity contribution in [3.05, 3.63) is 113 Å². The van der Waals surface area contributed by atoms with Crippen molar-refractivity contribution in [1.29, 1.82) is 0 Å². The molecule has 0 N–H and O–H groups in total. The summed E-state index contributed by atoms with van der Waals surface area (Å²) in [5.41, 5.74) is 8.12. The van der Waals surface area contributed by atoms with E-state index < -0.39 is 0 Å². The fourth-order valence-electron chi connectivity index (χ4n) is 7.26. The molecule has 1 aliphatic carbocycles. The number of anilines is 2. The van der Waals surface area contributed by atoms with Gasteiger partial charge in [-0.1, -0.05) is 16.4 Å². The Morgan fingerprint density at radius 1 is 0.945 bits per heavy atom. The summed E-state index contributed by atoms with van der Waals surface area (Å²) >= 11 is 0. The highest BCUT2D eigenvalue weighted by Gasteiger charge is 2.31. The maximum Gasteiger partial charge on any atom is 0.318 e. The van der Waals surface area contributed by atoms with E-state index in [1.54, 1.807) is 36.6 Å². The predicted molar refractivity (Wildman–Crippen MR) is 203 cm³/mol. The van der Waals surface area contributed by atoms with Gasteiger partial charge < -0.3 is 19.1 Å². The summed E-state index contributed by atoms with van der Waals surface area (Å²) in [7, 11) is 3.49. The number of hydrogen-bond donors (Lipinski definition) is 0. The Balaban J connectivity index is 0.854. The van der Waals surface area contributed by atoms with E-state index in [1.807, 2.05) is 64.1 Å². The number of benzene rings is 1. The second-order valence-corrected chi connectivity index (χ2v) is 14.3. The monoisotopic (exact) mass is 736 g/mol. The van der Waals surface area contributed by atoms with E-state index in [2.05, 4.69) is 54.6 Å². The summed E-state index contributed by atoms with van der Waals surface area (Å²) in [6, 6.07) is 16.3. The van der Waals surface area contributed by atoms with Crippen molar-refractivity contribution in [3.63, 3.8) is 0 Å². The van der Waals surface area contributed by atoms with Crippen LogP contribution < -0.4 is 9.64 Å².